The Bertz CT molecular complexity index is 1470. The minimum Gasteiger partial charge on any atom is -0.456 e. The number of amides is 1. The van der Waals surface area contributed by atoms with Gasteiger partial charge < -0.3 is 49.6 Å². The summed E-state index contributed by atoms with van der Waals surface area (Å²) in [5.74, 6) is -7.69. The van der Waals surface area contributed by atoms with Crippen molar-refractivity contribution >= 4 is 23.4 Å². The monoisotopic (exact) mass is 821 g/mol. The fourth-order valence-electron chi connectivity index (χ4n) is 9.63. The van der Waals surface area contributed by atoms with Gasteiger partial charge in [-0.25, -0.2) is 4.79 Å². The van der Waals surface area contributed by atoms with Crippen LogP contribution in [0.3, 0.4) is 0 Å². The lowest BCUT2D eigenvalue weighted by Crippen LogP contribution is -2.64. The van der Waals surface area contributed by atoms with Gasteiger partial charge in [-0.3, -0.25) is 14.4 Å². The molecule has 1 saturated carbocycles. The molecule has 14 atom stereocenters. The van der Waals surface area contributed by atoms with Gasteiger partial charge in [0.1, 0.15) is 24.0 Å². The van der Waals surface area contributed by atoms with Crippen molar-refractivity contribution < 1.29 is 58.2 Å². The Hall–Kier alpha value is -2.56. The molecule has 0 aromatic carbocycles. The van der Waals surface area contributed by atoms with Crippen LogP contribution in [-0.4, -0.2) is 133 Å². The van der Waals surface area contributed by atoms with Crippen LogP contribution in [-0.2, 0) is 42.9 Å². The van der Waals surface area contributed by atoms with Crippen molar-refractivity contribution in [1.29, 1.82) is 0 Å². The topological polar surface area (TPSA) is 204 Å². The number of piperidine rings is 1. The molecule has 4 aliphatic rings. The van der Waals surface area contributed by atoms with E-state index in [0.717, 1.165) is 5.57 Å². The molecule has 0 aromatic heterocycles. The molecule has 330 valence electrons. The number of hydrogen-bond donors (Lipinski definition) is 4. The Morgan fingerprint density at radius 3 is 2.26 bits per heavy atom. The highest BCUT2D eigenvalue weighted by Crippen LogP contribution is 2.39. The van der Waals surface area contributed by atoms with E-state index in [4.69, 9.17) is 29.4 Å². The van der Waals surface area contributed by atoms with E-state index in [0.29, 0.717) is 69.9 Å². The first-order valence-electron chi connectivity index (χ1n) is 21.5. The second-order valence-corrected chi connectivity index (χ2v) is 17.7. The highest BCUT2D eigenvalue weighted by atomic mass is 16.7. The van der Waals surface area contributed by atoms with Crippen molar-refractivity contribution in [3.05, 3.63) is 23.3 Å². The highest BCUT2D eigenvalue weighted by Gasteiger charge is 2.56. The van der Waals surface area contributed by atoms with E-state index >= 15 is 0 Å². The van der Waals surface area contributed by atoms with E-state index in [-0.39, 0.29) is 49.5 Å². The summed E-state index contributed by atoms with van der Waals surface area (Å²) in [6.07, 6.45) is 4.04. The number of hydrogen-bond acceptors (Lipinski definition) is 13. The quantitative estimate of drug-likeness (QED) is 0.157. The standard InChI is InChI=1S/C44H72N2O12/c1-25-18-26(2)20-37(55-7)40-38(56-8)22-28(4)44(53,58-40)41(50)42(51)46-17-10-9-13-32(46)43(52)57-39(27(3)21-30-14-15-33(47)36(23-30)54-6)29(5)34(48)24-35(49)31(19-25)12-11-16-45/h19,21,26,28-34,36-40,47-48,53H,9-18,20,22-24,45H2,1-8H3/b25-19-,27-21+/t26-,28-,29?,30?,31+,32-,33-,34+,36-,37?,38+,39?,40+,44-/m1/s1. The van der Waals surface area contributed by atoms with Crippen molar-refractivity contribution in [2.24, 2.45) is 35.3 Å². The predicted octanol–water partition coefficient (Wildman–Crippen LogP) is 3.80. The molecule has 0 radical (unpaired) electrons. The summed E-state index contributed by atoms with van der Waals surface area (Å²) in [5, 5.41) is 34.2. The minimum atomic E-state index is -2.51. The fourth-order valence-corrected chi connectivity index (χ4v) is 9.63. The number of rotatable bonds is 8. The van der Waals surface area contributed by atoms with Crippen LogP contribution in [0.15, 0.2) is 23.3 Å². The SMILES string of the molecule is COC1C[C@H](C)C/C(C)=C\[C@H](CCCN)C(=O)C[C@H](O)C(C)C(/C(C)=C/C2CC[C@@H](O)[C@H](OC)C2)OC(=O)[C@H]2CCCCN2C(=O)C(=O)[C@]2(O)O[C@@H]1[C@@H](OC)C[C@H]2C. The van der Waals surface area contributed by atoms with Crippen LogP contribution in [0.2, 0.25) is 0 Å². The van der Waals surface area contributed by atoms with E-state index < -0.39 is 83.9 Å². The zero-order valence-corrected chi connectivity index (χ0v) is 36.1. The van der Waals surface area contributed by atoms with Crippen LogP contribution in [0, 0.1) is 29.6 Å². The molecule has 1 aliphatic carbocycles. The molecule has 5 N–H and O–H groups in total. The summed E-state index contributed by atoms with van der Waals surface area (Å²) in [5.41, 5.74) is 7.51. The molecular formula is C44H72N2O12. The molecule has 3 aliphatic heterocycles. The van der Waals surface area contributed by atoms with Crippen LogP contribution < -0.4 is 5.73 Å². The maximum absolute atomic E-state index is 14.3. The molecule has 14 heteroatoms. The zero-order chi connectivity index (χ0) is 42.9. The molecule has 0 spiro atoms. The number of aliphatic hydroxyl groups excluding tert-OH is 2. The van der Waals surface area contributed by atoms with Gasteiger partial charge in [0.25, 0.3) is 11.7 Å². The molecule has 2 bridgehead atoms. The van der Waals surface area contributed by atoms with Crippen molar-refractivity contribution in [1.82, 2.24) is 4.90 Å². The normalized spacial score (nSPS) is 40.6. The number of nitrogens with zero attached hydrogens (tertiary/aromatic N) is 1. The first-order valence-corrected chi connectivity index (χ1v) is 21.5. The molecule has 3 heterocycles. The number of fused-ring (bicyclic) bond motifs is 3. The van der Waals surface area contributed by atoms with Gasteiger partial charge in [-0.1, -0.05) is 38.5 Å². The predicted molar refractivity (Wildman–Crippen MR) is 216 cm³/mol. The second kappa shape index (κ2) is 21.8. The molecule has 4 unspecified atom stereocenters. The first-order chi connectivity index (χ1) is 27.5. The van der Waals surface area contributed by atoms with Crippen molar-refractivity contribution in [3.8, 4) is 0 Å². The number of ketones is 2. The Morgan fingerprint density at radius 2 is 1.60 bits per heavy atom. The van der Waals surface area contributed by atoms with Crippen molar-refractivity contribution in [2.75, 3.05) is 34.4 Å². The van der Waals surface area contributed by atoms with Crippen LogP contribution in [0.1, 0.15) is 112 Å². The van der Waals surface area contributed by atoms with E-state index in [1.54, 1.807) is 21.0 Å². The molecule has 14 nitrogen and oxygen atoms in total. The van der Waals surface area contributed by atoms with Crippen molar-refractivity contribution in [2.45, 2.75) is 166 Å². The van der Waals surface area contributed by atoms with Crippen LogP contribution in [0.25, 0.3) is 0 Å². The summed E-state index contributed by atoms with van der Waals surface area (Å²) < 4.78 is 29.8. The zero-order valence-electron chi connectivity index (χ0n) is 36.1. The lowest BCUT2D eigenvalue weighted by Gasteiger charge is -2.47. The molecule has 0 aromatic rings. The van der Waals surface area contributed by atoms with Crippen molar-refractivity contribution in [3.63, 3.8) is 0 Å². The van der Waals surface area contributed by atoms with E-state index in [1.807, 2.05) is 32.9 Å². The summed E-state index contributed by atoms with van der Waals surface area (Å²) in [7, 11) is 4.62. The summed E-state index contributed by atoms with van der Waals surface area (Å²) in [4.78, 5) is 58.0. The molecule has 4 rings (SSSR count). The Morgan fingerprint density at radius 1 is 0.931 bits per heavy atom. The number of carbonyl (C=O) groups is 4. The van der Waals surface area contributed by atoms with Gasteiger partial charge in [0.15, 0.2) is 0 Å². The first kappa shape index (κ1) is 48.1. The maximum Gasteiger partial charge on any atom is 0.329 e. The van der Waals surface area contributed by atoms with E-state index in [2.05, 4.69) is 0 Å². The number of methoxy groups -OCH3 is 3. The third-order valence-electron chi connectivity index (χ3n) is 13.2. The van der Waals surface area contributed by atoms with Gasteiger partial charge in [0.05, 0.1) is 30.5 Å². The van der Waals surface area contributed by atoms with Gasteiger partial charge in [-0.05, 0) is 108 Å². The maximum atomic E-state index is 14.3. The molecule has 1 amide bonds. The number of Topliss-reactive ketones (excluding diaryl/α,β-unsaturated/α-hetero) is 2. The number of cyclic esters (lactones) is 1. The molecule has 3 fully saturated rings. The Labute approximate surface area is 345 Å². The summed E-state index contributed by atoms with van der Waals surface area (Å²) >= 11 is 0. The number of aliphatic hydroxyl groups is 3. The fraction of sp³-hybridized carbons (Fsp3) is 0.818. The number of allylic oxidation sites excluding steroid dienone is 3. The largest absolute Gasteiger partial charge is 0.456 e. The van der Waals surface area contributed by atoms with E-state index in [9.17, 15) is 34.5 Å². The smallest absolute Gasteiger partial charge is 0.329 e. The lowest BCUT2D eigenvalue weighted by atomic mass is 9.81. The average molecular weight is 821 g/mol. The third kappa shape index (κ3) is 11.6. The van der Waals surface area contributed by atoms with Gasteiger partial charge in [0, 0.05) is 52.0 Å². The van der Waals surface area contributed by atoms with Crippen LogP contribution in [0.4, 0.5) is 0 Å². The van der Waals surface area contributed by atoms with Gasteiger partial charge in [-0.15, -0.1) is 0 Å². The highest BCUT2D eigenvalue weighted by molar-refractivity contribution is 6.39. The molecular weight excluding hydrogens is 748 g/mol. The minimum absolute atomic E-state index is 0.0106. The summed E-state index contributed by atoms with van der Waals surface area (Å²) in [6, 6.07) is -1.14. The molecule has 58 heavy (non-hydrogen) atoms. The third-order valence-corrected chi connectivity index (χ3v) is 13.2. The number of nitrogens with two attached hydrogens (primary N) is 1. The average Bonchev–Trinajstić information content (AvgIpc) is 3.20. The lowest BCUT2D eigenvalue weighted by molar-refractivity contribution is -0.302. The van der Waals surface area contributed by atoms with E-state index in [1.165, 1.54) is 19.1 Å². The van der Waals surface area contributed by atoms with Gasteiger partial charge in [-0.2, -0.15) is 0 Å². The van der Waals surface area contributed by atoms with Gasteiger partial charge in [0.2, 0.25) is 5.79 Å². The number of ether oxygens (including phenoxy) is 5. The van der Waals surface area contributed by atoms with Gasteiger partial charge >= 0.3 is 5.97 Å². The Balaban J connectivity index is 1.78. The molecule has 2 saturated heterocycles. The number of esters is 1. The second-order valence-electron chi connectivity index (χ2n) is 17.7. The summed E-state index contributed by atoms with van der Waals surface area (Å²) in [6.45, 7) is 9.69. The van der Waals surface area contributed by atoms with Crippen LogP contribution in [0.5, 0.6) is 0 Å². The number of carbonyl (C=O) groups excluding carboxylic acids is 4. The Kier molecular flexibility index (Phi) is 18.1. The van der Waals surface area contributed by atoms with Crippen LogP contribution >= 0.6 is 0 Å².